The third-order valence-corrected chi connectivity index (χ3v) is 4.73. The molecule has 8 heteroatoms. The van der Waals surface area contributed by atoms with Gasteiger partial charge in [-0.15, -0.1) is 5.10 Å². The number of thioether (sulfide) groups is 1. The van der Waals surface area contributed by atoms with Crippen molar-refractivity contribution in [1.29, 1.82) is 0 Å². The van der Waals surface area contributed by atoms with E-state index in [1.165, 1.54) is 11.8 Å². The fraction of sp³-hybridized carbons (Fsp3) is 0.444. The molecule has 1 saturated heterocycles. The lowest BCUT2D eigenvalue weighted by Gasteiger charge is -2.08. The van der Waals surface area contributed by atoms with Crippen LogP contribution in [0.15, 0.2) is 34.5 Å². The Hall–Kier alpha value is -2.35. The summed E-state index contributed by atoms with van der Waals surface area (Å²) in [6.07, 6.45) is 2.64. The van der Waals surface area contributed by atoms with Crippen LogP contribution in [0.1, 0.15) is 32.3 Å². The van der Waals surface area contributed by atoms with Gasteiger partial charge in [0.05, 0.1) is 13.3 Å². The molecule has 0 aliphatic carbocycles. The number of carbonyl (C=O) groups is 2. The van der Waals surface area contributed by atoms with Crippen molar-refractivity contribution in [2.45, 2.75) is 31.9 Å². The van der Waals surface area contributed by atoms with Crippen molar-refractivity contribution in [1.82, 2.24) is 10.6 Å². The molecule has 1 aliphatic heterocycles. The molecule has 0 radical (unpaired) electrons. The van der Waals surface area contributed by atoms with Crippen molar-refractivity contribution in [3.63, 3.8) is 0 Å². The molecular weight excluding hydrogens is 352 g/mol. The Kier molecular flexibility index (Phi) is 7.65. The van der Waals surface area contributed by atoms with Gasteiger partial charge in [-0.3, -0.25) is 9.59 Å². The highest BCUT2D eigenvalue weighted by Crippen LogP contribution is 2.22. The first-order chi connectivity index (χ1) is 12.5. The molecule has 140 valence electrons. The predicted octanol–water partition coefficient (Wildman–Crippen LogP) is 2.17. The summed E-state index contributed by atoms with van der Waals surface area (Å²) in [7, 11) is 1.61. The van der Waals surface area contributed by atoms with Crippen molar-refractivity contribution < 1.29 is 14.3 Å². The average Bonchev–Trinajstić information content (AvgIpc) is 2.94. The molecule has 1 heterocycles. The summed E-state index contributed by atoms with van der Waals surface area (Å²) in [5.74, 6) is 0.956. The number of methoxy groups -OCH3 is 1. The van der Waals surface area contributed by atoms with Crippen molar-refractivity contribution in [3.05, 3.63) is 29.8 Å². The van der Waals surface area contributed by atoms with E-state index in [1.54, 1.807) is 13.3 Å². The Morgan fingerprint density at radius 1 is 1.38 bits per heavy atom. The first-order valence-corrected chi connectivity index (χ1v) is 9.35. The average molecular weight is 376 g/mol. The molecule has 1 fully saturated rings. The van der Waals surface area contributed by atoms with E-state index in [4.69, 9.17) is 4.74 Å². The van der Waals surface area contributed by atoms with Gasteiger partial charge < -0.3 is 15.4 Å². The minimum absolute atomic E-state index is 0.124. The minimum atomic E-state index is -0.469. The molecule has 2 N–H and O–H groups in total. The van der Waals surface area contributed by atoms with Crippen LogP contribution in [0.3, 0.4) is 0 Å². The fourth-order valence-corrected chi connectivity index (χ4v) is 3.09. The molecule has 2 rings (SSSR count). The largest absolute Gasteiger partial charge is 0.497 e. The van der Waals surface area contributed by atoms with Crippen molar-refractivity contribution in [3.8, 4) is 5.75 Å². The van der Waals surface area contributed by atoms with Gasteiger partial charge in [0.25, 0.3) is 0 Å². The summed E-state index contributed by atoms with van der Waals surface area (Å²) in [5, 5.41) is 13.4. The first-order valence-electron chi connectivity index (χ1n) is 8.47. The quantitative estimate of drug-likeness (QED) is 0.537. The van der Waals surface area contributed by atoms with Gasteiger partial charge >= 0.3 is 0 Å². The van der Waals surface area contributed by atoms with Gasteiger partial charge in [0.2, 0.25) is 11.8 Å². The summed E-state index contributed by atoms with van der Waals surface area (Å²) < 4.78 is 5.09. The topological polar surface area (TPSA) is 92.2 Å². The summed E-state index contributed by atoms with van der Waals surface area (Å²) in [5.41, 5.74) is 0.866. The zero-order valence-corrected chi connectivity index (χ0v) is 16.0. The van der Waals surface area contributed by atoms with E-state index in [-0.39, 0.29) is 18.2 Å². The molecule has 1 aromatic carbocycles. The van der Waals surface area contributed by atoms with Crippen molar-refractivity contribution in [2.24, 2.45) is 16.1 Å². The number of rotatable bonds is 8. The molecule has 0 saturated carbocycles. The van der Waals surface area contributed by atoms with Gasteiger partial charge in [-0.25, -0.2) is 0 Å². The smallest absolute Gasteiger partial charge is 0.240 e. The minimum Gasteiger partial charge on any atom is -0.497 e. The molecule has 0 bridgehead atoms. The van der Waals surface area contributed by atoms with E-state index in [1.807, 2.05) is 24.3 Å². The lowest BCUT2D eigenvalue weighted by molar-refractivity contribution is -0.125. The molecule has 1 aliphatic rings. The van der Waals surface area contributed by atoms with E-state index < -0.39 is 5.25 Å². The number of ether oxygens (including phenoxy) is 1. The van der Waals surface area contributed by atoms with E-state index in [2.05, 4.69) is 34.7 Å². The normalized spacial score (nSPS) is 18.5. The van der Waals surface area contributed by atoms with Crippen LogP contribution in [0.25, 0.3) is 0 Å². The number of nitrogens with one attached hydrogen (secondary N) is 2. The number of amidine groups is 1. The van der Waals surface area contributed by atoms with E-state index in [0.29, 0.717) is 17.6 Å². The van der Waals surface area contributed by atoms with Gasteiger partial charge in [-0.1, -0.05) is 25.6 Å². The van der Waals surface area contributed by atoms with Gasteiger partial charge in [0.15, 0.2) is 5.17 Å². The Bertz CT molecular complexity index is 686. The van der Waals surface area contributed by atoms with Gasteiger partial charge in [-0.2, -0.15) is 5.10 Å². The van der Waals surface area contributed by atoms with Crippen LogP contribution in [-0.2, 0) is 9.59 Å². The van der Waals surface area contributed by atoms with Gasteiger partial charge in [0.1, 0.15) is 11.0 Å². The molecule has 1 aromatic rings. The molecule has 0 spiro atoms. The van der Waals surface area contributed by atoms with E-state index in [0.717, 1.165) is 17.7 Å². The second kappa shape index (κ2) is 9.96. The van der Waals surface area contributed by atoms with Crippen LogP contribution in [0.2, 0.25) is 0 Å². The van der Waals surface area contributed by atoms with Crippen LogP contribution in [0.5, 0.6) is 5.75 Å². The number of nitrogens with zero attached hydrogens (tertiary/aromatic N) is 2. The van der Waals surface area contributed by atoms with Crippen LogP contribution < -0.4 is 15.4 Å². The molecular formula is C18H24N4O3S. The molecule has 0 unspecified atom stereocenters. The highest BCUT2D eigenvalue weighted by atomic mass is 32.2. The zero-order valence-electron chi connectivity index (χ0n) is 15.2. The summed E-state index contributed by atoms with van der Waals surface area (Å²) in [6, 6.07) is 7.36. The third-order valence-electron chi connectivity index (χ3n) is 3.66. The molecule has 26 heavy (non-hydrogen) atoms. The second-order valence-corrected chi connectivity index (χ2v) is 7.45. The Morgan fingerprint density at radius 3 is 2.77 bits per heavy atom. The number of hydrogen-bond acceptors (Lipinski definition) is 6. The summed E-state index contributed by atoms with van der Waals surface area (Å²) in [4.78, 5) is 23.8. The Labute approximate surface area is 157 Å². The predicted molar refractivity (Wildman–Crippen MR) is 105 cm³/mol. The standard InChI is InChI=1S/C18H24N4O3S/c1-12(2)8-9-19-16(23)10-15-17(24)21-18(26-15)22-20-11-13-4-6-14(25-3)7-5-13/h4-7,11-12,15H,8-10H2,1-3H3,(H,19,23)(H,21,22,24)/b20-11-/t15-/m0/s1. The van der Waals surface area contributed by atoms with Crippen molar-refractivity contribution in [2.75, 3.05) is 13.7 Å². The Balaban J connectivity index is 1.82. The molecule has 2 amide bonds. The van der Waals surface area contributed by atoms with Crippen LogP contribution in [0, 0.1) is 5.92 Å². The molecule has 1 atom stereocenters. The maximum Gasteiger partial charge on any atom is 0.240 e. The molecule has 0 aromatic heterocycles. The van der Waals surface area contributed by atoms with Crippen molar-refractivity contribution >= 4 is 35.0 Å². The van der Waals surface area contributed by atoms with Crippen LogP contribution >= 0.6 is 11.8 Å². The summed E-state index contributed by atoms with van der Waals surface area (Å²) >= 11 is 1.22. The van der Waals surface area contributed by atoms with Crippen LogP contribution in [-0.4, -0.2) is 42.1 Å². The van der Waals surface area contributed by atoms with E-state index >= 15 is 0 Å². The number of carbonyl (C=O) groups excluding carboxylic acids is 2. The maximum absolute atomic E-state index is 11.9. The Morgan fingerprint density at radius 2 is 2.12 bits per heavy atom. The van der Waals surface area contributed by atoms with Gasteiger partial charge in [-0.05, 0) is 42.2 Å². The highest BCUT2D eigenvalue weighted by molar-refractivity contribution is 8.15. The second-order valence-electron chi connectivity index (χ2n) is 6.26. The monoisotopic (exact) mass is 376 g/mol. The van der Waals surface area contributed by atoms with Crippen LogP contribution in [0.4, 0.5) is 0 Å². The SMILES string of the molecule is COc1ccc(/C=N\N=C2\NC(=O)[C@H](CC(=O)NCCC(C)C)S2)cc1. The lowest BCUT2D eigenvalue weighted by Crippen LogP contribution is -2.32. The fourth-order valence-electron chi connectivity index (χ4n) is 2.17. The number of amides is 2. The highest BCUT2D eigenvalue weighted by Gasteiger charge is 2.32. The number of benzene rings is 1. The third kappa shape index (κ3) is 6.51. The first kappa shape index (κ1) is 20.0. The van der Waals surface area contributed by atoms with E-state index in [9.17, 15) is 9.59 Å². The number of hydrogen-bond donors (Lipinski definition) is 2. The maximum atomic E-state index is 11.9. The summed E-state index contributed by atoms with van der Waals surface area (Å²) in [6.45, 7) is 4.83. The zero-order chi connectivity index (χ0) is 18.9. The van der Waals surface area contributed by atoms with Gasteiger partial charge in [0, 0.05) is 13.0 Å². The lowest BCUT2D eigenvalue weighted by atomic mass is 10.1. The molecule has 7 nitrogen and oxygen atoms in total.